The first-order chi connectivity index (χ1) is 13.0. The molecule has 0 aromatic heterocycles. The van der Waals surface area contributed by atoms with Crippen LogP contribution in [0.5, 0.6) is 0 Å². The van der Waals surface area contributed by atoms with Crippen LogP contribution in [0.1, 0.15) is 43.5 Å². The molecule has 2 unspecified atom stereocenters. The number of amides is 1. The summed E-state index contributed by atoms with van der Waals surface area (Å²) < 4.78 is 5.26. The van der Waals surface area contributed by atoms with Crippen LogP contribution in [-0.4, -0.2) is 23.4 Å². The van der Waals surface area contributed by atoms with Crippen LogP contribution in [0.15, 0.2) is 71.9 Å². The highest BCUT2D eigenvalue weighted by Gasteiger charge is 2.41. The van der Waals surface area contributed by atoms with Crippen molar-refractivity contribution < 1.29 is 14.3 Å². The van der Waals surface area contributed by atoms with E-state index in [4.69, 9.17) is 10.5 Å². The molecule has 0 aliphatic carbocycles. The van der Waals surface area contributed by atoms with Gasteiger partial charge >= 0.3 is 5.97 Å². The number of carbonyl (C=O) groups excluding carboxylic acids is 2. The van der Waals surface area contributed by atoms with E-state index in [9.17, 15) is 9.59 Å². The van der Waals surface area contributed by atoms with Crippen molar-refractivity contribution in [3.8, 4) is 0 Å². The summed E-state index contributed by atoms with van der Waals surface area (Å²) in [6, 6.07) is 18.4. The van der Waals surface area contributed by atoms with Crippen LogP contribution < -0.4 is 5.73 Å². The quantitative estimate of drug-likeness (QED) is 0.843. The Bertz CT molecular complexity index is 846. The van der Waals surface area contributed by atoms with Crippen LogP contribution >= 0.6 is 0 Å². The second-order valence-electron chi connectivity index (χ2n) is 6.53. The van der Waals surface area contributed by atoms with Crippen LogP contribution in [0.2, 0.25) is 0 Å². The number of ether oxygens (including phenoxy) is 1. The third kappa shape index (κ3) is 3.72. The standard InChI is InChI=1S/C22H24N2O3/c1-3-27-22(26)20-18(23)14-19(16-10-6-4-7-11-16)24(15(2)25)21(20)17-12-8-5-9-13-17/h4-13,19,21H,3,14,23H2,1-2H3. The number of benzene rings is 2. The maximum absolute atomic E-state index is 12.7. The number of nitrogens with zero attached hydrogens (tertiary/aromatic N) is 1. The molecule has 0 spiro atoms. The van der Waals surface area contributed by atoms with Crippen LogP contribution in [0.3, 0.4) is 0 Å². The highest BCUT2D eigenvalue weighted by Crippen LogP contribution is 2.44. The van der Waals surface area contributed by atoms with Gasteiger partial charge in [-0.05, 0) is 18.1 Å². The molecule has 0 bridgehead atoms. The van der Waals surface area contributed by atoms with Gasteiger partial charge in [0.25, 0.3) is 0 Å². The lowest BCUT2D eigenvalue weighted by Gasteiger charge is -2.43. The number of nitrogens with two attached hydrogens (primary N) is 1. The molecule has 5 heteroatoms. The average molecular weight is 364 g/mol. The Hall–Kier alpha value is -3.08. The van der Waals surface area contributed by atoms with E-state index in [1.807, 2.05) is 60.7 Å². The Morgan fingerprint density at radius 2 is 1.59 bits per heavy atom. The minimum Gasteiger partial charge on any atom is -0.463 e. The summed E-state index contributed by atoms with van der Waals surface area (Å²) in [7, 11) is 0. The van der Waals surface area contributed by atoms with E-state index in [1.54, 1.807) is 11.8 Å². The van der Waals surface area contributed by atoms with Crippen molar-refractivity contribution in [3.05, 3.63) is 83.1 Å². The topological polar surface area (TPSA) is 72.6 Å². The molecule has 0 saturated carbocycles. The van der Waals surface area contributed by atoms with Crippen molar-refractivity contribution in [3.63, 3.8) is 0 Å². The van der Waals surface area contributed by atoms with Crippen LogP contribution in [0, 0.1) is 0 Å². The maximum Gasteiger partial charge on any atom is 0.338 e. The fourth-order valence-corrected chi connectivity index (χ4v) is 3.68. The summed E-state index contributed by atoms with van der Waals surface area (Å²) in [6.45, 7) is 3.53. The molecule has 0 fully saturated rings. The van der Waals surface area contributed by atoms with Gasteiger partial charge in [-0.25, -0.2) is 4.79 Å². The molecule has 0 radical (unpaired) electrons. The van der Waals surface area contributed by atoms with Gasteiger partial charge in [0.15, 0.2) is 0 Å². The first-order valence-electron chi connectivity index (χ1n) is 9.09. The Labute approximate surface area is 159 Å². The molecule has 0 saturated heterocycles. The second kappa shape index (κ2) is 8.08. The Morgan fingerprint density at radius 3 is 2.11 bits per heavy atom. The van der Waals surface area contributed by atoms with E-state index >= 15 is 0 Å². The molecular weight excluding hydrogens is 340 g/mol. The van der Waals surface area contributed by atoms with Crippen LogP contribution in [0.25, 0.3) is 0 Å². The molecule has 2 aromatic carbocycles. The zero-order valence-corrected chi connectivity index (χ0v) is 15.6. The largest absolute Gasteiger partial charge is 0.463 e. The molecule has 1 aliphatic heterocycles. The number of rotatable bonds is 4. The van der Waals surface area contributed by atoms with Gasteiger partial charge in [-0.3, -0.25) is 4.79 Å². The summed E-state index contributed by atoms with van der Waals surface area (Å²) in [5, 5.41) is 0. The van der Waals surface area contributed by atoms with Gasteiger partial charge in [-0.15, -0.1) is 0 Å². The predicted octanol–water partition coefficient (Wildman–Crippen LogP) is 3.50. The Balaban J connectivity index is 2.18. The van der Waals surface area contributed by atoms with Gasteiger partial charge in [0.05, 0.1) is 24.3 Å². The number of hydrogen-bond acceptors (Lipinski definition) is 4. The Morgan fingerprint density at radius 1 is 1.04 bits per heavy atom. The number of hydrogen-bond donors (Lipinski definition) is 1. The van der Waals surface area contributed by atoms with Crippen LogP contribution in [-0.2, 0) is 14.3 Å². The lowest BCUT2D eigenvalue weighted by atomic mass is 9.85. The van der Waals surface area contributed by atoms with Gasteiger partial charge in [0.1, 0.15) is 0 Å². The lowest BCUT2D eigenvalue weighted by molar-refractivity contribution is -0.141. The molecular formula is C22H24N2O3. The number of carbonyl (C=O) groups is 2. The van der Waals surface area contributed by atoms with Gasteiger partial charge < -0.3 is 15.4 Å². The fourth-order valence-electron chi connectivity index (χ4n) is 3.68. The normalized spacial score (nSPS) is 19.7. The summed E-state index contributed by atoms with van der Waals surface area (Å²) in [6.07, 6.45) is 0.390. The second-order valence-corrected chi connectivity index (χ2v) is 6.53. The molecule has 2 N–H and O–H groups in total. The molecule has 2 aromatic rings. The summed E-state index contributed by atoms with van der Waals surface area (Å²) in [4.78, 5) is 27.2. The molecule has 140 valence electrons. The van der Waals surface area contributed by atoms with Crippen molar-refractivity contribution in [1.29, 1.82) is 0 Å². The first kappa shape index (κ1) is 18.7. The van der Waals surface area contributed by atoms with E-state index < -0.39 is 12.0 Å². The predicted molar refractivity (Wildman–Crippen MR) is 103 cm³/mol. The third-order valence-corrected chi connectivity index (χ3v) is 4.81. The van der Waals surface area contributed by atoms with E-state index in [2.05, 4.69) is 0 Å². The molecule has 5 nitrogen and oxygen atoms in total. The van der Waals surface area contributed by atoms with Gasteiger partial charge in [-0.1, -0.05) is 60.7 Å². The lowest BCUT2D eigenvalue weighted by Crippen LogP contribution is -2.44. The minimum absolute atomic E-state index is 0.119. The molecule has 1 amide bonds. The smallest absolute Gasteiger partial charge is 0.338 e. The zero-order chi connectivity index (χ0) is 19.4. The zero-order valence-electron chi connectivity index (χ0n) is 15.6. The average Bonchev–Trinajstić information content (AvgIpc) is 2.68. The minimum atomic E-state index is -0.582. The SMILES string of the molecule is CCOC(=O)C1=C(N)CC(c2ccccc2)N(C(C)=O)C1c1ccccc1. The third-order valence-electron chi connectivity index (χ3n) is 4.81. The van der Waals surface area contributed by atoms with Gasteiger partial charge in [0.2, 0.25) is 5.91 Å². The summed E-state index contributed by atoms with van der Waals surface area (Å²) >= 11 is 0. The van der Waals surface area contributed by atoms with Crippen molar-refractivity contribution >= 4 is 11.9 Å². The highest BCUT2D eigenvalue weighted by molar-refractivity contribution is 5.92. The fraction of sp³-hybridized carbons (Fsp3) is 0.273. The first-order valence-corrected chi connectivity index (χ1v) is 9.09. The van der Waals surface area contributed by atoms with Crippen molar-refractivity contribution in [2.24, 2.45) is 5.73 Å². The summed E-state index contributed by atoms with van der Waals surface area (Å²) in [5.74, 6) is -0.589. The van der Waals surface area contributed by atoms with Crippen molar-refractivity contribution in [1.82, 2.24) is 4.90 Å². The van der Waals surface area contributed by atoms with Crippen molar-refractivity contribution in [2.45, 2.75) is 32.4 Å². The molecule has 1 aliphatic rings. The maximum atomic E-state index is 12.7. The molecule has 2 atom stereocenters. The molecule has 3 rings (SSSR count). The molecule has 27 heavy (non-hydrogen) atoms. The summed E-state index contributed by atoms with van der Waals surface area (Å²) in [5.41, 5.74) is 9.01. The van der Waals surface area contributed by atoms with E-state index in [1.165, 1.54) is 6.92 Å². The van der Waals surface area contributed by atoms with Gasteiger partial charge in [-0.2, -0.15) is 0 Å². The van der Waals surface area contributed by atoms with E-state index in [0.717, 1.165) is 11.1 Å². The Kier molecular flexibility index (Phi) is 5.60. The highest BCUT2D eigenvalue weighted by atomic mass is 16.5. The van der Waals surface area contributed by atoms with Crippen molar-refractivity contribution in [2.75, 3.05) is 6.61 Å². The molecule has 1 heterocycles. The van der Waals surface area contributed by atoms with E-state index in [0.29, 0.717) is 17.7 Å². The number of esters is 1. The van der Waals surface area contributed by atoms with Crippen LogP contribution in [0.4, 0.5) is 0 Å². The van der Waals surface area contributed by atoms with Gasteiger partial charge in [0, 0.05) is 19.0 Å². The van der Waals surface area contributed by atoms with E-state index in [-0.39, 0.29) is 18.6 Å². The monoisotopic (exact) mass is 364 g/mol.